The van der Waals surface area contributed by atoms with Crippen LogP contribution in [0, 0.1) is 0 Å². The van der Waals surface area contributed by atoms with E-state index in [0.29, 0.717) is 5.69 Å². The molecule has 1 aromatic rings. The first-order chi connectivity index (χ1) is 5.94. The van der Waals surface area contributed by atoms with E-state index in [1.54, 1.807) is 0 Å². The maximum absolute atomic E-state index is 11.3. The van der Waals surface area contributed by atoms with E-state index < -0.39 is 15.0 Å². The molecule has 0 saturated heterocycles. The number of hydrogen-bond acceptors (Lipinski definition) is 4. The number of carbonyl (C=O) groups excluding carboxylic acids is 1. The van der Waals surface area contributed by atoms with Gasteiger partial charge in [-0.1, -0.05) is 0 Å². The van der Waals surface area contributed by atoms with Crippen molar-refractivity contribution in [1.29, 1.82) is 0 Å². The molecule has 0 spiro atoms. The summed E-state index contributed by atoms with van der Waals surface area (Å²) in [5.74, 6) is 0. The Morgan fingerprint density at radius 1 is 1.23 bits per heavy atom. The fourth-order valence-corrected chi connectivity index (χ4v) is 1.64. The van der Waals surface area contributed by atoms with Gasteiger partial charge in [-0.25, -0.2) is 8.42 Å². The average Bonchev–Trinajstić information content (AvgIpc) is 2.04. The number of sulfone groups is 1. The SMILES string of the molecule is CC(=O)S(=O)(=O)c1ccc(N)cc1. The van der Waals surface area contributed by atoms with E-state index in [1.807, 2.05) is 0 Å². The first-order valence-electron chi connectivity index (χ1n) is 3.56. The molecule has 0 fully saturated rings. The Morgan fingerprint density at radius 3 is 2.08 bits per heavy atom. The van der Waals surface area contributed by atoms with Crippen molar-refractivity contribution in [3.8, 4) is 0 Å². The van der Waals surface area contributed by atoms with Crippen molar-refractivity contribution >= 4 is 20.6 Å². The van der Waals surface area contributed by atoms with Gasteiger partial charge >= 0.3 is 0 Å². The van der Waals surface area contributed by atoms with Crippen molar-refractivity contribution in [2.24, 2.45) is 0 Å². The summed E-state index contributed by atoms with van der Waals surface area (Å²) < 4.78 is 22.5. The Kier molecular flexibility index (Phi) is 2.38. The summed E-state index contributed by atoms with van der Waals surface area (Å²) in [6.45, 7) is 1.02. The van der Waals surface area contributed by atoms with E-state index in [9.17, 15) is 13.2 Å². The second-order valence-electron chi connectivity index (χ2n) is 2.56. The second kappa shape index (κ2) is 3.18. The van der Waals surface area contributed by atoms with Crippen molar-refractivity contribution in [2.45, 2.75) is 11.8 Å². The highest BCUT2D eigenvalue weighted by atomic mass is 32.2. The standard InChI is InChI=1S/C8H9NO3S/c1-6(10)13(11,12)8-4-2-7(9)3-5-8/h2-5H,9H2,1H3. The molecule has 0 radical (unpaired) electrons. The highest BCUT2D eigenvalue weighted by Gasteiger charge is 2.19. The summed E-state index contributed by atoms with van der Waals surface area (Å²) in [7, 11) is -3.79. The third kappa shape index (κ3) is 1.86. The molecular formula is C8H9NO3S. The van der Waals surface area contributed by atoms with E-state index in [0.717, 1.165) is 6.92 Å². The van der Waals surface area contributed by atoms with Crippen LogP contribution in [0.25, 0.3) is 0 Å². The Bertz CT molecular complexity index is 419. The van der Waals surface area contributed by atoms with Gasteiger partial charge in [-0.15, -0.1) is 0 Å². The second-order valence-corrected chi connectivity index (χ2v) is 4.62. The molecule has 2 N–H and O–H groups in total. The molecule has 0 amide bonds. The van der Waals surface area contributed by atoms with Crippen LogP contribution in [0.15, 0.2) is 29.2 Å². The lowest BCUT2D eigenvalue weighted by molar-refractivity contribution is -0.109. The zero-order valence-corrected chi connectivity index (χ0v) is 7.84. The molecule has 0 unspecified atom stereocenters. The normalized spacial score (nSPS) is 11.2. The zero-order valence-electron chi connectivity index (χ0n) is 7.02. The van der Waals surface area contributed by atoms with Crippen molar-refractivity contribution < 1.29 is 13.2 Å². The number of anilines is 1. The van der Waals surface area contributed by atoms with E-state index in [2.05, 4.69) is 0 Å². The van der Waals surface area contributed by atoms with Gasteiger partial charge < -0.3 is 5.73 Å². The first-order valence-corrected chi connectivity index (χ1v) is 5.04. The average molecular weight is 199 g/mol. The third-order valence-electron chi connectivity index (χ3n) is 1.57. The van der Waals surface area contributed by atoms with Crippen molar-refractivity contribution in [1.82, 2.24) is 0 Å². The van der Waals surface area contributed by atoms with Crippen LogP contribution in [0.4, 0.5) is 5.69 Å². The number of benzene rings is 1. The van der Waals surface area contributed by atoms with Crippen molar-refractivity contribution in [3.05, 3.63) is 24.3 Å². The molecule has 0 aliphatic carbocycles. The van der Waals surface area contributed by atoms with Crippen LogP contribution in [-0.4, -0.2) is 13.5 Å². The molecule has 0 atom stereocenters. The molecule has 0 aliphatic heterocycles. The van der Waals surface area contributed by atoms with Crippen LogP contribution in [0.3, 0.4) is 0 Å². The summed E-state index contributed by atoms with van der Waals surface area (Å²) in [5, 5.41) is -0.864. The van der Waals surface area contributed by atoms with Crippen LogP contribution in [0.5, 0.6) is 0 Å². The number of nitrogens with two attached hydrogens (primary N) is 1. The fourth-order valence-electron chi connectivity index (χ4n) is 0.813. The topological polar surface area (TPSA) is 77.2 Å². The minimum absolute atomic E-state index is 0.0193. The molecular weight excluding hydrogens is 190 g/mol. The molecule has 13 heavy (non-hydrogen) atoms. The summed E-state index contributed by atoms with van der Waals surface area (Å²) in [6, 6.07) is 5.50. The van der Waals surface area contributed by atoms with Gasteiger partial charge in [-0.05, 0) is 24.3 Å². The monoisotopic (exact) mass is 199 g/mol. The number of carbonyl (C=O) groups is 1. The minimum Gasteiger partial charge on any atom is -0.399 e. The van der Waals surface area contributed by atoms with Crippen molar-refractivity contribution in [2.75, 3.05) is 5.73 Å². The van der Waals surface area contributed by atoms with Crippen LogP contribution in [-0.2, 0) is 14.6 Å². The quantitative estimate of drug-likeness (QED) is 0.671. The first kappa shape index (κ1) is 9.73. The fraction of sp³-hybridized carbons (Fsp3) is 0.125. The number of rotatable bonds is 1. The highest BCUT2D eigenvalue weighted by molar-refractivity contribution is 8.06. The molecule has 0 saturated carbocycles. The Balaban J connectivity index is 3.25. The van der Waals surface area contributed by atoms with Crippen LogP contribution in [0.1, 0.15) is 6.92 Å². The van der Waals surface area contributed by atoms with Crippen LogP contribution >= 0.6 is 0 Å². The van der Waals surface area contributed by atoms with E-state index in [4.69, 9.17) is 5.73 Å². The Labute approximate surface area is 76.3 Å². The lowest BCUT2D eigenvalue weighted by atomic mass is 10.3. The summed E-state index contributed by atoms with van der Waals surface area (Å²) in [4.78, 5) is 10.7. The molecule has 1 aromatic carbocycles. The van der Waals surface area contributed by atoms with Gasteiger partial charge in [0.15, 0.2) is 0 Å². The van der Waals surface area contributed by atoms with Gasteiger partial charge in [0, 0.05) is 12.6 Å². The highest BCUT2D eigenvalue weighted by Crippen LogP contribution is 2.13. The van der Waals surface area contributed by atoms with Crippen LogP contribution < -0.4 is 5.73 Å². The number of nitrogen functional groups attached to an aromatic ring is 1. The number of hydrogen-bond donors (Lipinski definition) is 1. The molecule has 4 nitrogen and oxygen atoms in total. The maximum Gasteiger partial charge on any atom is 0.248 e. The van der Waals surface area contributed by atoms with Gasteiger partial charge in [0.2, 0.25) is 15.0 Å². The minimum atomic E-state index is -3.79. The third-order valence-corrected chi connectivity index (χ3v) is 3.22. The smallest absolute Gasteiger partial charge is 0.248 e. The molecule has 1 rings (SSSR count). The zero-order chi connectivity index (χ0) is 10.1. The van der Waals surface area contributed by atoms with Gasteiger partial charge in [-0.3, -0.25) is 4.79 Å². The predicted molar refractivity (Wildman–Crippen MR) is 48.7 cm³/mol. The van der Waals surface area contributed by atoms with E-state index in [1.165, 1.54) is 24.3 Å². The molecule has 0 aromatic heterocycles. The molecule has 70 valence electrons. The molecule has 0 aliphatic rings. The van der Waals surface area contributed by atoms with Gasteiger partial charge in [0.25, 0.3) is 0 Å². The van der Waals surface area contributed by atoms with Crippen LogP contribution in [0.2, 0.25) is 0 Å². The molecule has 0 bridgehead atoms. The Morgan fingerprint density at radius 2 is 1.69 bits per heavy atom. The summed E-state index contributed by atoms with van der Waals surface area (Å²) >= 11 is 0. The largest absolute Gasteiger partial charge is 0.399 e. The van der Waals surface area contributed by atoms with Crippen molar-refractivity contribution in [3.63, 3.8) is 0 Å². The van der Waals surface area contributed by atoms with Gasteiger partial charge in [0.05, 0.1) is 4.90 Å². The van der Waals surface area contributed by atoms with Gasteiger partial charge in [-0.2, -0.15) is 0 Å². The summed E-state index contributed by atoms with van der Waals surface area (Å²) in [5.41, 5.74) is 5.83. The lowest BCUT2D eigenvalue weighted by Crippen LogP contribution is -2.10. The van der Waals surface area contributed by atoms with E-state index in [-0.39, 0.29) is 4.90 Å². The van der Waals surface area contributed by atoms with Gasteiger partial charge in [0.1, 0.15) is 0 Å². The lowest BCUT2D eigenvalue weighted by Gasteiger charge is -1.99. The maximum atomic E-state index is 11.3. The summed E-state index contributed by atoms with van der Waals surface area (Å²) in [6.07, 6.45) is 0. The Hall–Kier alpha value is -1.36. The predicted octanol–water partition coefficient (Wildman–Crippen LogP) is 0.589. The van der Waals surface area contributed by atoms with E-state index >= 15 is 0 Å². The molecule has 0 heterocycles. The molecule has 5 heteroatoms.